The van der Waals surface area contributed by atoms with Gasteiger partial charge in [-0.2, -0.15) is 0 Å². The van der Waals surface area contributed by atoms with E-state index in [9.17, 15) is 9.59 Å². The Bertz CT molecular complexity index is 813. The largest absolute Gasteiger partial charge is 0.493 e. The Labute approximate surface area is 140 Å². The monoisotopic (exact) mass is 325 g/mol. The van der Waals surface area contributed by atoms with Crippen LogP contribution in [0.2, 0.25) is 0 Å². The number of benzene rings is 2. The molecule has 24 heavy (non-hydrogen) atoms. The molecule has 0 aliphatic carbocycles. The topological polar surface area (TPSA) is 55.8 Å². The molecule has 0 N–H and O–H groups in total. The molecule has 0 aromatic heterocycles. The number of methoxy groups -OCH3 is 2. The van der Waals surface area contributed by atoms with Crippen molar-refractivity contribution in [1.82, 2.24) is 0 Å². The first-order chi connectivity index (χ1) is 11.5. The minimum absolute atomic E-state index is 0.0301. The Hall–Kier alpha value is -2.82. The van der Waals surface area contributed by atoms with Crippen LogP contribution in [0.3, 0.4) is 0 Å². The molecule has 3 rings (SSSR count). The molecule has 2 aromatic carbocycles. The van der Waals surface area contributed by atoms with Crippen molar-refractivity contribution in [2.75, 3.05) is 25.7 Å². The summed E-state index contributed by atoms with van der Waals surface area (Å²) in [4.78, 5) is 26.1. The van der Waals surface area contributed by atoms with Gasteiger partial charge in [0.05, 0.1) is 14.2 Å². The van der Waals surface area contributed by atoms with Crippen molar-refractivity contribution in [2.24, 2.45) is 0 Å². The van der Waals surface area contributed by atoms with E-state index in [-0.39, 0.29) is 11.7 Å². The maximum absolute atomic E-state index is 12.9. The Balaban J connectivity index is 1.92. The minimum Gasteiger partial charge on any atom is -0.493 e. The number of amides is 1. The fourth-order valence-electron chi connectivity index (χ4n) is 2.96. The van der Waals surface area contributed by atoms with Crippen LogP contribution < -0.4 is 14.4 Å². The highest BCUT2D eigenvalue weighted by molar-refractivity contribution is 6.08. The van der Waals surface area contributed by atoms with E-state index in [1.54, 1.807) is 50.3 Å². The van der Waals surface area contributed by atoms with Crippen molar-refractivity contribution in [3.8, 4) is 11.5 Å². The van der Waals surface area contributed by atoms with Gasteiger partial charge in [-0.15, -0.1) is 0 Å². The Morgan fingerprint density at radius 2 is 1.67 bits per heavy atom. The average Bonchev–Trinajstić information content (AvgIpc) is 3.03. The number of Topliss-reactive ketones (excluding diaryl/α,β-unsaturated/α-hetero) is 1. The van der Waals surface area contributed by atoms with Crippen molar-refractivity contribution in [3.63, 3.8) is 0 Å². The number of anilines is 1. The SMILES string of the molecule is COc1ccc(C(=O)N2CCc3cc(C(C)=O)ccc32)cc1OC. The normalized spacial score (nSPS) is 12.7. The minimum atomic E-state index is -0.0923. The molecule has 124 valence electrons. The third-order valence-electron chi connectivity index (χ3n) is 4.26. The zero-order chi connectivity index (χ0) is 17.3. The summed E-state index contributed by atoms with van der Waals surface area (Å²) < 4.78 is 10.5. The highest BCUT2D eigenvalue weighted by Gasteiger charge is 2.26. The van der Waals surface area contributed by atoms with Crippen molar-refractivity contribution in [2.45, 2.75) is 13.3 Å². The molecular formula is C19H19NO4. The van der Waals surface area contributed by atoms with Gasteiger partial charge in [0, 0.05) is 23.4 Å². The second-order valence-corrected chi connectivity index (χ2v) is 5.68. The summed E-state index contributed by atoms with van der Waals surface area (Å²) in [5, 5.41) is 0. The zero-order valence-electron chi connectivity index (χ0n) is 14.0. The summed E-state index contributed by atoms with van der Waals surface area (Å²) in [5.74, 6) is 1.05. The molecule has 1 heterocycles. The lowest BCUT2D eigenvalue weighted by Gasteiger charge is -2.18. The van der Waals surface area contributed by atoms with Crippen LogP contribution in [0.1, 0.15) is 33.2 Å². The van der Waals surface area contributed by atoms with Crippen LogP contribution >= 0.6 is 0 Å². The summed E-state index contributed by atoms with van der Waals surface area (Å²) in [6, 6.07) is 10.6. The fraction of sp³-hybridized carbons (Fsp3) is 0.263. The van der Waals surface area contributed by atoms with Crippen molar-refractivity contribution < 1.29 is 19.1 Å². The number of rotatable bonds is 4. The van der Waals surface area contributed by atoms with Crippen LogP contribution in [0.5, 0.6) is 11.5 Å². The van der Waals surface area contributed by atoms with Gasteiger partial charge in [0.15, 0.2) is 17.3 Å². The molecule has 5 nitrogen and oxygen atoms in total. The molecule has 0 radical (unpaired) electrons. The Morgan fingerprint density at radius 1 is 0.958 bits per heavy atom. The predicted molar refractivity (Wildman–Crippen MR) is 91.4 cm³/mol. The van der Waals surface area contributed by atoms with E-state index in [0.717, 1.165) is 17.7 Å². The molecule has 0 spiro atoms. The summed E-state index contributed by atoms with van der Waals surface area (Å²) in [6.45, 7) is 2.15. The summed E-state index contributed by atoms with van der Waals surface area (Å²) in [6.07, 6.45) is 0.746. The van der Waals surface area contributed by atoms with Gasteiger partial charge in [0.2, 0.25) is 0 Å². The Kier molecular flexibility index (Phi) is 4.25. The van der Waals surface area contributed by atoms with Gasteiger partial charge in [-0.3, -0.25) is 9.59 Å². The van der Waals surface area contributed by atoms with Gasteiger partial charge < -0.3 is 14.4 Å². The third kappa shape index (κ3) is 2.73. The van der Waals surface area contributed by atoms with E-state index >= 15 is 0 Å². The van der Waals surface area contributed by atoms with Gasteiger partial charge in [-0.25, -0.2) is 0 Å². The first kappa shape index (κ1) is 16.1. The van der Waals surface area contributed by atoms with Crippen LogP contribution in [0.25, 0.3) is 0 Å². The molecule has 0 atom stereocenters. The number of ketones is 1. The number of fused-ring (bicyclic) bond motifs is 1. The summed E-state index contributed by atoms with van der Waals surface area (Å²) >= 11 is 0. The maximum Gasteiger partial charge on any atom is 0.258 e. The zero-order valence-corrected chi connectivity index (χ0v) is 14.0. The molecule has 0 fully saturated rings. The highest BCUT2D eigenvalue weighted by Crippen LogP contribution is 2.32. The number of hydrogen-bond donors (Lipinski definition) is 0. The standard InChI is InChI=1S/C19H19NO4/c1-12(21)13-4-6-16-14(10-13)8-9-20(16)19(22)15-5-7-17(23-2)18(11-15)24-3/h4-7,10-11H,8-9H2,1-3H3. The van der Waals surface area contributed by atoms with Crippen LogP contribution in [0.4, 0.5) is 5.69 Å². The molecule has 2 aromatic rings. The average molecular weight is 325 g/mol. The number of carbonyl (C=O) groups excluding carboxylic acids is 2. The van der Waals surface area contributed by atoms with E-state index in [2.05, 4.69) is 0 Å². The molecule has 1 amide bonds. The molecule has 5 heteroatoms. The second-order valence-electron chi connectivity index (χ2n) is 5.68. The molecule has 0 unspecified atom stereocenters. The second kappa shape index (κ2) is 6.35. The van der Waals surface area contributed by atoms with Crippen molar-refractivity contribution in [3.05, 3.63) is 53.1 Å². The van der Waals surface area contributed by atoms with Crippen LogP contribution in [0, 0.1) is 0 Å². The van der Waals surface area contributed by atoms with Gasteiger partial charge in [-0.05, 0) is 55.3 Å². The summed E-state index contributed by atoms with van der Waals surface area (Å²) in [7, 11) is 3.10. The Morgan fingerprint density at radius 3 is 2.33 bits per heavy atom. The third-order valence-corrected chi connectivity index (χ3v) is 4.26. The van der Waals surface area contributed by atoms with E-state index in [1.165, 1.54) is 0 Å². The van der Waals surface area contributed by atoms with Gasteiger partial charge >= 0.3 is 0 Å². The highest BCUT2D eigenvalue weighted by atomic mass is 16.5. The molecule has 1 aliphatic rings. The lowest BCUT2D eigenvalue weighted by Crippen LogP contribution is -2.28. The van der Waals surface area contributed by atoms with Crippen LogP contribution in [0.15, 0.2) is 36.4 Å². The van der Waals surface area contributed by atoms with Crippen molar-refractivity contribution >= 4 is 17.4 Å². The molecule has 0 bridgehead atoms. The number of hydrogen-bond acceptors (Lipinski definition) is 4. The quantitative estimate of drug-likeness (QED) is 0.811. The molecule has 0 saturated heterocycles. The summed E-state index contributed by atoms with van der Waals surface area (Å²) in [5.41, 5.74) is 3.10. The predicted octanol–water partition coefficient (Wildman–Crippen LogP) is 3.11. The van der Waals surface area contributed by atoms with E-state index in [4.69, 9.17) is 9.47 Å². The number of nitrogens with zero attached hydrogens (tertiary/aromatic N) is 1. The first-order valence-electron chi connectivity index (χ1n) is 7.73. The lowest BCUT2D eigenvalue weighted by atomic mass is 10.1. The molecule has 1 aliphatic heterocycles. The van der Waals surface area contributed by atoms with Gasteiger partial charge in [0.1, 0.15) is 0 Å². The van der Waals surface area contributed by atoms with Crippen LogP contribution in [-0.2, 0) is 6.42 Å². The van der Waals surface area contributed by atoms with Gasteiger partial charge in [0.25, 0.3) is 5.91 Å². The van der Waals surface area contributed by atoms with E-state index in [1.807, 2.05) is 12.1 Å². The van der Waals surface area contributed by atoms with Gasteiger partial charge in [-0.1, -0.05) is 0 Å². The van der Waals surface area contributed by atoms with E-state index < -0.39 is 0 Å². The van der Waals surface area contributed by atoms with E-state index in [0.29, 0.717) is 29.2 Å². The van der Waals surface area contributed by atoms with Crippen molar-refractivity contribution in [1.29, 1.82) is 0 Å². The lowest BCUT2D eigenvalue weighted by molar-refractivity contribution is 0.0987. The fourth-order valence-corrected chi connectivity index (χ4v) is 2.96. The van der Waals surface area contributed by atoms with Crippen LogP contribution in [-0.4, -0.2) is 32.5 Å². The molecular weight excluding hydrogens is 306 g/mol. The molecule has 0 saturated carbocycles. The maximum atomic E-state index is 12.9. The first-order valence-corrected chi connectivity index (χ1v) is 7.73. The smallest absolute Gasteiger partial charge is 0.258 e. The number of carbonyl (C=O) groups is 2. The number of ether oxygens (including phenoxy) is 2.